The van der Waals surface area contributed by atoms with E-state index in [0.29, 0.717) is 21.7 Å². The van der Waals surface area contributed by atoms with Gasteiger partial charge in [0.2, 0.25) is 0 Å². The molecule has 7 heteroatoms. The van der Waals surface area contributed by atoms with Crippen molar-refractivity contribution in [3.63, 3.8) is 0 Å². The summed E-state index contributed by atoms with van der Waals surface area (Å²) in [4.78, 5) is 12.7. The molecule has 0 unspecified atom stereocenters. The van der Waals surface area contributed by atoms with Crippen LogP contribution < -0.4 is 14.2 Å². The van der Waals surface area contributed by atoms with Gasteiger partial charge in [-0.2, -0.15) is 0 Å². The number of fused-ring (bicyclic) bond motifs is 1. The zero-order valence-corrected chi connectivity index (χ0v) is 26.6. The summed E-state index contributed by atoms with van der Waals surface area (Å²) in [5, 5.41) is 10.6. The van der Waals surface area contributed by atoms with Crippen LogP contribution in [0.4, 0.5) is 0 Å². The number of hydrogen-bond donors (Lipinski definition) is 1. The van der Waals surface area contributed by atoms with Crippen molar-refractivity contribution in [2.45, 2.75) is 6.42 Å². The Balaban J connectivity index is 1.42. The highest BCUT2D eigenvalue weighted by Crippen LogP contribution is 2.44. The number of thiophene rings is 1. The Kier molecular flexibility index (Phi) is 8.68. The molecule has 0 amide bonds. The van der Waals surface area contributed by atoms with Gasteiger partial charge in [-0.25, -0.2) is 4.79 Å². The molecule has 0 radical (unpaired) electrons. The van der Waals surface area contributed by atoms with Gasteiger partial charge in [0.25, 0.3) is 0 Å². The van der Waals surface area contributed by atoms with E-state index >= 15 is 0 Å². The summed E-state index contributed by atoms with van der Waals surface area (Å²) in [7, 11) is 3.17. The van der Waals surface area contributed by atoms with Crippen LogP contribution in [0.3, 0.4) is 0 Å². The molecular weight excluding hydrogens is 636 g/mol. The van der Waals surface area contributed by atoms with Crippen molar-refractivity contribution < 1.29 is 24.1 Å². The quantitative estimate of drug-likeness (QED) is 0.158. The summed E-state index contributed by atoms with van der Waals surface area (Å²) in [6, 6.07) is 37.3. The van der Waals surface area contributed by atoms with E-state index in [1.54, 1.807) is 14.2 Å². The first-order chi connectivity index (χ1) is 21.4. The second kappa shape index (κ2) is 13.0. The van der Waals surface area contributed by atoms with Crippen molar-refractivity contribution in [2.75, 3.05) is 20.8 Å². The fraction of sp³-hybridized carbons (Fsp3) is 0.108. The molecule has 1 heterocycles. The van der Waals surface area contributed by atoms with E-state index in [0.717, 1.165) is 34.2 Å². The van der Waals surface area contributed by atoms with Gasteiger partial charge >= 0.3 is 5.97 Å². The fourth-order valence-corrected chi connectivity index (χ4v) is 7.24. The summed E-state index contributed by atoms with van der Waals surface area (Å²) >= 11 is 5.50. The number of rotatable bonds is 10. The number of carboxylic acid groups (broad SMARTS) is 1. The molecule has 0 saturated heterocycles. The molecule has 0 saturated carbocycles. The van der Waals surface area contributed by atoms with Gasteiger partial charge in [0.05, 0.1) is 18.7 Å². The molecule has 5 aromatic carbocycles. The lowest BCUT2D eigenvalue weighted by atomic mass is 9.94. The third-order valence-corrected chi connectivity index (χ3v) is 9.22. The highest BCUT2D eigenvalue weighted by Gasteiger charge is 2.18. The summed E-state index contributed by atoms with van der Waals surface area (Å²) in [6.45, 7) is -0.465. The third kappa shape index (κ3) is 6.07. The third-order valence-electron chi connectivity index (χ3n) is 7.46. The SMILES string of the molecule is COc1ccc(-c2cc(-c3ccc(-c4c(Cc5ccccc5)sc5ccccc45)cc3)cc(Br)c2OCC(=O)O)cc1OC. The lowest BCUT2D eigenvalue weighted by molar-refractivity contribution is -0.139. The normalized spacial score (nSPS) is 11.0. The number of carboxylic acids is 1. The maximum Gasteiger partial charge on any atom is 0.341 e. The van der Waals surface area contributed by atoms with E-state index in [9.17, 15) is 9.90 Å². The topological polar surface area (TPSA) is 65.0 Å². The van der Waals surface area contributed by atoms with Gasteiger partial charge in [-0.3, -0.25) is 0 Å². The number of benzene rings is 5. The van der Waals surface area contributed by atoms with E-state index in [-0.39, 0.29) is 0 Å². The molecule has 1 N–H and O–H groups in total. The van der Waals surface area contributed by atoms with Gasteiger partial charge in [-0.15, -0.1) is 11.3 Å². The zero-order chi connectivity index (χ0) is 30.6. The van der Waals surface area contributed by atoms with E-state index in [1.165, 1.54) is 26.1 Å². The lowest BCUT2D eigenvalue weighted by Gasteiger charge is -2.17. The molecule has 0 aliphatic heterocycles. The second-order valence-electron chi connectivity index (χ2n) is 10.2. The summed E-state index contributed by atoms with van der Waals surface area (Å²) in [6.07, 6.45) is 0.872. The first-order valence-electron chi connectivity index (χ1n) is 14.0. The summed E-state index contributed by atoms with van der Waals surface area (Å²) in [5.74, 6) is 0.551. The van der Waals surface area contributed by atoms with E-state index in [1.807, 2.05) is 47.7 Å². The van der Waals surface area contributed by atoms with Crippen LogP contribution in [0.1, 0.15) is 10.4 Å². The molecule has 0 atom stereocenters. The van der Waals surface area contributed by atoms with Crippen molar-refractivity contribution >= 4 is 43.3 Å². The van der Waals surface area contributed by atoms with E-state index < -0.39 is 12.6 Å². The maximum atomic E-state index is 11.4. The highest BCUT2D eigenvalue weighted by molar-refractivity contribution is 9.10. The summed E-state index contributed by atoms with van der Waals surface area (Å²) < 4.78 is 18.6. The predicted octanol–water partition coefficient (Wildman–Crippen LogP) is 9.74. The molecule has 5 nitrogen and oxygen atoms in total. The van der Waals surface area contributed by atoms with Crippen LogP contribution in [0, 0.1) is 0 Å². The number of halogens is 1. The summed E-state index contributed by atoms with van der Waals surface area (Å²) in [5.41, 5.74) is 7.23. The Morgan fingerprint density at radius 3 is 2.16 bits per heavy atom. The Morgan fingerprint density at radius 2 is 1.43 bits per heavy atom. The minimum atomic E-state index is -1.05. The van der Waals surface area contributed by atoms with Crippen LogP contribution in [-0.2, 0) is 11.2 Å². The number of hydrogen-bond acceptors (Lipinski definition) is 5. The largest absolute Gasteiger partial charge is 0.493 e. The Morgan fingerprint density at radius 1 is 0.750 bits per heavy atom. The van der Waals surface area contributed by atoms with Crippen LogP contribution in [0.5, 0.6) is 17.2 Å². The first-order valence-corrected chi connectivity index (χ1v) is 15.6. The standard InChI is InChI=1S/C37H29BrO5S/c1-41-31-17-16-26(21-32(31)42-2)29-19-27(20-30(38)37(29)43-22-35(39)40)24-12-14-25(15-13-24)36-28-10-6-7-11-33(28)44-34(36)18-23-8-4-3-5-9-23/h3-17,19-21H,18,22H2,1-2H3,(H,39,40). The van der Waals surface area contributed by atoms with Crippen LogP contribution in [0.15, 0.2) is 114 Å². The molecule has 220 valence electrons. The predicted molar refractivity (Wildman–Crippen MR) is 181 cm³/mol. The molecular formula is C37H29BrO5S. The molecule has 1 aromatic heterocycles. The van der Waals surface area contributed by atoms with Crippen molar-refractivity contribution in [1.82, 2.24) is 0 Å². The molecule has 6 rings (SSSR count). The highest BCUT2D eigenvalue weighted by atomic mass is 79.9. The molecule has 0 aliphatic rings. The number of carbonyl (C=O) groups is 1. The monoisotopic (exact) mass is 664 g/mol. The molecule has 0 spiro atoms. The molecule has 0 fully saturated rings. The second-order valence-corrected chi connectivity index (χ2v) is 12.2. The molecule has 44 heavy (non-hydrogen) atoms. The van der Waals surface area contributed by atoms with Gasteiger partial charge in [0.15, 0.2) is 18.1 Å². The fourth-order valence-electron chi connectivity index (χ4n) is 5.41. The number of aliphatic carboxylic acids is 1. The average molecular weight is 666 g/mol. The number of ether oxygens (including phenoxy) is 3. The Bertz CT molecular complexity index is 1950. The van der Waals surface area contributed by atoms with Gasteiger partial charge in [0.1, 0.15) is 5.75 Å². The molecule has 0 bridgehead atoms. The maximum absolute atomic E-state index is 11.4. The Labute approximate surface area is 268 Å². The average Bonchev–Trinajstić information content (AvgIpc) is 3.41. The lowest BCUT2D eigenvalue weighted by Crippen LogP contribution is -2.10. The minimum Gasteiger partial charge on any atom is -0.493 e. The smallest absolute Gasteiger partial charge is 0.341 e. The van der Waals surface area contributed by atoms with Crippen molar-refractivity contribution in [1.29, 1.82) is 0 Å². The van der Waals surface area contributed by atoms with Crippen LogP contribution in [0.25, 0.3) is 43.5 Å². The molecule has 0 aliphatic carbocycles. The van der Waals surface area contributed by atoms with Gasteiger partial charge in [-0.05, 0) is 74.1 Å². The van der Waals surface area contributed by atoms with E-state index in [2.05, 4.69) is 88.7 Å². The zero-order valence-electron chi connectivity index (χ0n) is 24.2. The minimum absolute atomic E-state index is 0.440. The van der Waals surface area contributed by atoms with Crippen LogP contribution in [-0.4, -0.2) is 31.9 Å². The first kappa shape index (κ1) is 29.5. The van der Waals surface area contributed by atoms with E-state index in [4.69, 9.17) is 14.2 Å². The van der Waals surface area contributed by atoms with Gasteiger partial charge < -0.3 is 19.3 Å². The number of methoxy groups -OCH3 is 2. The van der Waals surface area contributed by atoms with Crippen molar-refractivity contribution in [3.8, 4) is 50.6 Å². The van der Waals surface area contributed by atoms with Crippen molar-refractivity contribution in [2.24, 2.45) is 0 Å². The van der Waals surface area contributed by atoms with Gasteiger partial charge in [0, 0.05) is 32.5 Å². The Hall–Kier alpha value is -4.59. The van der Waals surface area contributed by atoms with Crippen LogP contribution >= 0.6 is 27.3 Å². The van der Waals surface area contributed by atoms with Crippen LogP contribution in [0.2, 0.25) is 0 Å². The van der Waals surface area contributed by atoms with Crippen molar-refractivity contribution in [3.05, 3.63) is 124 Å². The molecule has 6 aromatic rings. The van der Waals surface area contributed by atoms with Gasteiger partial charge in [-0.1, -0.05) is 78.9 Å².